The first-order valence-electron chi connectivity index (χ1n) is 10.4. The molecule has 4 aromatic rings. The number of rotatable bonds is 5. The van der Waals surface area contributed by atoms with E-state index in [2.05, 4.69) is 17.1 Å². The van der Waals surface area contributed by atoms with E-state index in [1.54, 1.807) is 4.57 Å². The lowest BCUT2D eigenvalue weighted by Gasteiger charge is -2.15. The summed E-state index contributed by atoms with van der Waals surface area (Å²) >= 11 is 1.44. The monoisotopic (exact) mass is 434 g/mol. The Labute approximate surface area is 185 Å². The first kappa shape index (κ1) is 21.3. The third-order valence-electron chi connectivity index (χ3n) is 5.09. The number of hydrogen-bond donors (Lipinski definition) is 0. The molecule has 0 aliphatic heterocycles. The van der Waals surface area contributed by atoms with Gasteiger partial charge in [-0.25, -0.2) is 4.98 Å². The molecule has 0 aliphatic carbocycles. The van der Waals surface area contributed by atoms with Gasteiger partial charge in [0.05, 0.1) is 21.8 Å². The molecule has 1 atom stereocenters. The lowest BCUT2D eigenvalue weighted by atomic mass is 9.96. The number of hydrogen-bond acceptors (Lipinski definition) is 6. The minimum Gasteiger partial charge on any atom is -0.338 e. The van der Waals surface area contributed by atoms with Gasteiger partial charge in [-0.1, -0.05) is 68.9 Å². The maximum Gasteiger partial charge on any atom is 0.266 e. The van der Waals surface area contributed by atoms with Gasteiger partial charge in [0.2, 0.25) is 5.89 Å². The SMILES string of the molecule is CCc1ccc(-n2c(SC(C)c3nc(C(C)(C)C)no3)nc3ccccc3c2=O)cc1. The number of nitrogens with zero attached hydrogens (tertiary/aromatic N) is 4. The summed E-state index contributed by atoms with van der Waals surface area (Å²) in [5, 5.41) is 5.14. The van der Waals surface area contributed by atoms with E-state index in [1.165, 1.54) is 17.3 Å². The highest BCUT2D eigenvalue weighted by molar-refractivity contribution is 7.99. The Kier molecular flexibility index (Phi) is 5.71. The van der Waals surface area contributed by atoms with E-state index in [0.29, 0.717) is 27.8 Å². The van der Waals surface area contributed by atoms with Gasteiger partial charge in [-0.05, 0) is 43.2 Å². The zero-order chi connectivity index (χ0) is 22.2. The fraction of sp³-hybridized carbons (Fsp3) is 0.333. The number of para-hydroxylation sites is 1. The van der Waals surface area contributed by atoms with Gasteiger partial charge in [0, 0.05) is 5.41 Å². The van der Waals surface area contributed by atoms with Crippen molar-refractivity contribution in [1.82, 2.24) is 19.7 Å². The van der Waals surface area contributed by atoms with Crippen LogP contribution in [0.5, 0.6) is 0 Å². The zero-order valence-electron chi connectivity index (χ0n) is 18.4. The van der Waals surface area contributed by atoms with E-state index in [4.69, 9.17) is 9.51 Å². The maximum absolute atomic E-state index is 13.4. The molecule has 0 fully saturated rings. The van der Waals surface area contributed by atoms with E-state index in [1.807, 2.05) is 76.2 Å². The molecular formula is C24H26N4O2S. The van der Waals surface area contributed by atoms with Crippen LogP contribution in [0.3, 0.4) is 0 Å². The second-order valence-corrected chi connectivity index (χ2v) is 9.85. The van der Waals surface area contributed by atoms with Crippen molar-refractivity contribution < 1.29 is 4.52 Å². The molecule has 0 bridgehead atoms. The molecule has 0 radical (unpaired) electrons. The van der Waals surface area contributed by atoms with Crippen molar-refractivity contribution in [2.75, 3.05) is 0 Å². The lowest BCUT2D eigenvalue weighted by Crippen LogP contribution is -2.22. The summed E-state index contributed by atoms with van der Waals surface area (Å²) in [5.41, 5.74) is 2.39. The molecule has 0 N–H and O–H groups in total. The van der Waals surface area contributed by atoms with E-state index in [-0.39, 0.29) is 16.2 Å². The van der Waals surface area contributed by atoms with Crippen molar-refractivity contribution in [3.05, 3.63) is 76.2 Å². The van der Waals surface area contributed by atoms with Crippen molar-refractivity contribution in [3.8, 4) is 5.69 Å². The molecule has 31 heavy (non-hydrogen) atoms. The highest BCUT2D eigenvalue weighted by Gasteiger charge is 2.25. The van der Waals surface area contributed by atoms with Gasteiger partial charge in [-0.15, -0.1) is 0 Å². The highest BCUT2D eigenvalue weighted by atomic mass is 32.2. The third kappa shape index (κ3) is 4.28. The van der Waals surface area contributed by atoms with Gasteiger partial charge in [0.1, 0.15) is 0 Å². The van der Waals surface area contributed by atoms with Crippen LogP contribution < -0.4 is 5.56 Å². The number of fused-ring (bicyclic) bond motifs is 1. The number of benzene rings is 2. The van der Waals surface area contributed by atoms with Crippen LogP contribution in [0.25, 0.3) is 16.6 Å². The van der Waals surface area contributed by atoms with Crippen LogP contribution in [-0.2, 0) is 11.8 Å². The maximum atomic E-state index is 13.4. The Morgan fingerprint density at radius 2 is 1.77 bits per heavy atom. The highest BCUT2D eigenvalue weighted by Crippen LogP contribution is 2.35. The minimum absolute atomic E-state index is 0.0922. The molecule has 4 rings (SSSR count). The molecule has 0 saturated carbocycles. The van der Waals surface area contributed by atoms with E-state index in [0.717, 1.165) is 12.1 Å². The Bertz CT molecular complexity index is 1270. The molecule has 1 unspecified atom stereocenters. The van der Waals surface area contributed by atoms with E-state index < -0.39 is 0 Å². The first-order chi connectivity index (χ1) is 14.8. The second-order valence-electron chi connectivity index (χ2n) is 8.54. The molecule has 0 spiro atoms. The minimum atomic E-state index is -0.198. The number of aryl methyl sites for hydroxylation is 1. The van der Waals surface area contributed by atoms with Crippen molar-refractivity contribution in [3.63, 3.8) is 0 Å². The van der Waals surface area contributed by atoms with E-state index in [9.17, 15) is 4.79 Å². The molecule has 2 aromatic carbocycles. The van der Waals surface area contributed by atoms with Crippen molar-refractivity contribution in [1.29, 1.82) is 0 Å². The lowest BCUT2D eigenvalue weighted by molar-refractivity contribution is 0.364. The van der Waals surface area contributed by atoms with Gasteiger partial charge in [0.25, 0.3) is 5.56 Å². The first-order valence-corrected chi connectivity index (χ1v) is 11.3. The third-order valence-corrected chi connectivity index (χ3v) is 6.13. The van der Waals surface area contributed by atoms with Gasteiger partial charge < -0.3 is 4.52 Å². The van der Waals surface area contributed by atoms with Crippen LogP contribution >= 0.6 is 11.8 Å². The van der Waals surface area contributed by atoms with Crippen LogP contribution in [0.4, 0.5) is 0 Å². The molecule has 160 valence electrons. The van der Waals surface area contributed by atoms with Crippen LogP contribution in [-0.4, -0.2) is 19.7 Å². The predicted molar refractivity (Wildman–Crippen MR) is 124 cm³/mol. The topological polar surface area (TPSA) is 73.8 Å². The molecule has 2 aromatic heterocycles. The standard InChI is InChI=1S/C24H26N4O2S/c1-6-16-11-13-17(14-12-16)28-21(29)18-9-7-8-10-19(18)25-23(28)31-15(2)20-26-22(27-30-20)24(3,4)5/h7-15H,6H2,1-5H3. The summed E-state index contributed by atoms with van der Waals surface area (Å²) in [4.78, 5) is 22.8. The van der Waals surface area contributed by atoms with Gasteiger partial charge in [-0.3, -0.25) is 9.36 Å². The largest absolute Gasteiger partial charge is 0.338 e. The van der Waals surface area contributed by atoms with Gasteiger partial charge >= 0.3 is 0 Å². The van der Waals surface area contributed by atoms with Crippen LogP contribution in [0, 0.1) is 0 Å². The normalized spacial score (nSPS) is 12.9. The summed E-state index contributed by atoms with van der Waals surface area (Å²) in [6.45, 7) is 10.2. The summed E-state index contributed by atoms with van der Waals surface area (Å²) in [5.74, 6) is 1.18. The van der Waals surface area contributed by atoms with Crippen molar-refractivity contribution in [2.24, 2.45) is 0 Å². The van der Waals surface area contributed by atoms with Crippen LogP contribution in [0.1, 0.15) is 57.1 Å². The fourth-order valence-electron chi connectivity index (χ4n) is 3.21. The average Bonchev–Trinajstić information content (AvgIpc) is 3.25. The second kappa shape index (κ2) is 8.30. The quantitative estimate of drug-likeness (QED) is 0.306. The van der Waals surface area contributed by atoms with E-state index >= 15 is 0 Å². The Morgan fingerprint density at radius 1 is 1.06 bits per heavy atom. The van der Waals surface area contributed by atoms with Gasteiger partial charge in [-0.2, -0.15) is 4.98 Å². The Balaban J connectivity index is 1.80. The molecule has 7 heteroatoms. The van der Waals surface area contributed by atoms with Crippen LogP contribution in [0.15, 0.2) is 63.0 Å². The number of thioether (sulfide) groups is 1. The van der Waals surface area contributed by atoms with Crippen molar-refractivity contribution in [2.45, 2.75) is 56.9 Å². The molecule has 2 heterocycles. The molecule has 0 aliphatic rings. The predicted octanol–water partition coefficient (Wildman–Crippen LogP) is 5.48. The summed E-state index contributed by atoms with van der Waals surface area (Å²) in [6.07, 6.45) is 0.942. The van der Waals surface area contributed by atoms with Gasteiger partial charge in [0.15, 0.2) is 11.0 Å². The summed E-state index contributed by atoms with van der Waals surface area (Å²) in [6, 6.07) is 15.4. The zero-order valence-corrected chi connectivity index (χ0v) is 19.2. The fourth-order valence-corrected chi connectivity index (χ4v) is 4.17. The molecular weight excluding hydrogens is 408 g/mol. The molecule has 0 amide bonds. The van der Waals surface area contributed by atoms with Crippen molar-refractivity contribution >= 4 is 22.7 Å². The van der Waals surface area contributed by atoms with Crippen LogP contribution in [0.2, 0.25) is 0 Å². The summed E-state index contributed by atoms with van der Waals surface area (Å²) < 4.78 is 7.19. The Morgan fingerprint density at radius 3 is 2.42 bits per heavy atom. The molecule has 6 nitrogen and oxygen atoms in total. The smallest absolute Gasteiger partial charge is 0.266 e. The Hall–Kier alpha value is -2.93. The average molecular weight is 435 g/mol. The summed E-state index contributed by atoms with van der Waals surface area (Å²) in [7, 11) is 0. The number of aromatic nitrogens is 4. The molecule has 0 saturated heterocycles.